The van der Waals surface area contributed by atoms with Gasteiger partial charge in [0.1, 0.15) is 0 Å². The summed E-state index contributed by atoms with van der Waals surface area (Å²) in [5.41, 5.74) is 2.82. The Hall–Kier alpha value is -2.25. The van der Waals surface area contributed by atoms with E-state index in [9.17, 15) is 9.59 Å². The number of hydrogen-bond donors (Lipinski definition) is 0. The van der Waals surface area contributed by atoms with Gasteiger partial charge in [0.25, 0.3) is 0 Å². The highest BCUT2D eigenvalue weighted by Crippen LogP contribution is 2.18. The fourth-order valence-electron chi connectivity index (χ4n) is 2.92. The summed E-state index contributed by atoms with van der Waals surface area (Å²) in [5.74, 6) is -0.773. The van der Waals surface area contributed by atoms with Crippen molar-refractivity contribution in [1.29, 1.82) is 0 Å². The molecule has 0 saturated carbocycles. The number of thiophene rings is 1. The van der Waals surface area contributed by atoms with Crippen molar-refractivity contribution in [1.82, 2.24) is 9.55 Å². The van der Waals surface area contributed by atoms with Crippen LogP contribution in [-0.4, -0.2) is 27.9 Å². The van der Waals surface area contributed by atoms with Crippen LogP contribution >= 0.6 is 27.3 Å². The Labute approximate surface area is 170 Å². The van der Waals surface area contributed by atoms with Crippen LogP contribution in [0.1, 0.15) is 37.0 Å². The molecule has 27 heavy (non-hydrogen) atoms. The van der Waals surface area contributed by atoms with E-state index in [1.165, 1.54) is 11.1 Å². The van der Waals surface area contributed by atoms with E-state index in [0.717, 1.165) is 24.4 Å². The number of rotatable bonds is 7. The van der Waals surface area contributed by atoms with Gasteiger partial charge < -0.3 is 9.30 Å². The van der Waals surface area contributed by atoms with Gasteiger partial charge in [0.2, 0.25) is 5.78 Å². The Balaban J connectivity index is 1.64. The first-order valence-electron chi connectivity index (χ1n) is 8.45. The van der Waals surface area contributed by atoms with E-state index in [2.05, 4.69) is 36.9 Å². The summed E-state index contributed by atoms with van der Waals surface area (Å²) < 4.78 is 7.98. The minimum Gasteiger partial charge on any atom is -0.454 e. The number of ketones is 1. The molecule has 0 amide bonds. The number of esters is 1. The van der Waals surface area contributed by atoms with Gasteiger partial charge in [0.05, 0.1) is 5.56 Å². The maximum atomic E-state index is 12.6. The Morgan fingerprint density at radius 1 is 1.26 bits per heavy atom. The lowest BCUT2D eigenvalue weighted by Crippen LogP contribution is -2.15. The standard InChI is InChI=1S/C20H19BrN2O3S/c1-13-8-18(14(2)23(13)6-5-17-4-3-7-27-17)19(24)12-26-20(25)15-9-16(21)11-22-10-15/h3-4,7-11H,5-6,12H2,1-2H3. The SMILES string of the molecule is Cc1cc(C(=O)COC(=O)c2cncc(Br)c2)c(C)n1CCc1cccs1. The molecule has 0 aliphatic carbocycles. The van der Waals surface area contributed by atoms with Crippen LogP contribution in [0.3, 0.4) is 0 Å². The molecule has 3 aromatic heterocycles. The molecule has 0 unspecified atom stereocenters. The Bertz CT molecular complexity index is 964. The normalized spacial score (nSPS) is 10.8. The Morgan fingerprint density at radius 3 is 2.78 bits per heavy atom. The second-order valence-corrected chi connectivity index (χ2v) is 8.10. The number of Topliss-reactive ketones (excluding diaryl/α,β-unsaturated/α-hetero) is 1. The second kappa shape index (κ2) is 8.63. The van der Waals surface area contributed by atoms with Gasteiger partial charge in [0, 0.05) is 45.2 Å². The third-order valence-electron chi connectivity index (χ3n) is 4.31. The predicted octanol–water partition coefficient (Wildman–Crippen LogP) is 4.61. The van der Waals surface area contributed by atoms with Crippen molar-refractivity contribution >= 4 is 39.0 Å². The smallest absolute Gasteiger partial charge is 0.340 e. The number of hydrogen-bond acceptors (Lipinski definition) is 5. The van der Waals surface area contributed by atoms with Crippen molar-refractivity contribution < 1.29 is 14.3 Å². The van der Waals surface area contributed by atoms with Gasteiger partial charge in [-0.25, -0.2) is 4.79 Å². The quantitative estimate of drug-likeness (QED) is 0.392. The summed E-state index contributed by atoms with van der Waals surface area (Å²) in [4.78, 5) is 29.9. The number of pyridine rings is 1. The molecule has 0 bridgehead atoms. The molecule has 3 aromatic rings. The summed E-state index contributed by atoms with van der Waals surface area (Å²) in [6.07, 6.45) is 3.91. The lowest BCUT2D eigenvalue weighted by atomic mass is 10.1. The third kappa shape index (κ3) is 4.73. The maximum Gasteiger partial charge on any atom is 0.340 e. The molecule has 0 radical (unpaired) electrons. The molecule has 7 heteroatoms. The van der Waals surface area contributed by atoms with E-state index in [1.54, 1.807) is 23.6 Å². The van der Waals surface area contributed by atoms with Crippen molar-refractivity contribution in [3.05, 3.63) is 73.9 Å². The molecule has 0 aromatic carbocycles. The molecular weight excluding hydrogens is 428 g/mol. The molecule has 0 aliphatic heterocycles. The highest BCUT2D eigenvalue weighted by molar-refractivity contribution is 9.10. The van der Waals surface area contributed by atoms with Gasteiger partial charge >= 0.3 is 5.97 Å². The van der Waals surface area contributed by atoms with E-state index < -0.39 is 5.97 Å². The monoisotopic (exact) mass is 446 g/mol. The fraction of sp³-hybridized carbons (Fsp3) is 0.250. The number of aromatic nitrogens is 2. The van der Waals surface area contributed by atoms with Crippen molar-refractivity contribution in [3.63, 3.8) is 0 Å². The number of aryl methyl sites for hydroxylation is 2. The van der Waals surface area contributed by atoms with E-state index in [4.69, 9.17) is 4.74 Å². The van der Waals surface area contributed by atoms with Crippen LogP contribution in [0.15, 0.2) is 46.5 Å². The van der Waals surface area contributed by atoms with Crippen LogP contribution in [-0.2, 0) is 17.7 Å². The minimum absolute atomic E-state index is 0.207. The van der Waals surface area contributed by atoms with Gasteiger partial charge in [-0.05, 0) is 59.8 Å². The lowest BCUT2D eigenvalue weighted by molar-refractivity contribution is 0.0474. The molecule has 5 nitrogen and oxygen atoms in total. The summed E-state index contributed by atoms with van der Waals surface area (Å²) in [6.45, 7) is 4.43. The first-order chi connectivity index (χ1) is 13.0. The van der Waals surface area contributed by atoms with E-state index in [1.807, 2.05) is 26.0 Å². The second-order valence-electron chi connectivity index (χ2n) is 6.16. The van der Waals surface area contributed by atoms with Crippen molar-refractivity contribution in [2.24, 2.45) is 0 Å². The van der Waals surface area contributed by atoms with Gasteiger partial charge in [0.15, 0.2) is 6.61 Å². The molecule has 0 saturated heterocycles. The molecule has 0 spiro atoms. The van der Waals surface area contributed by atoms with Crippen LogP contribution in [0.2, 0.25) is 0 Å². The highest BCUT2D eigenvalue weighted by Gasteiger charge is 2.18. The first-order valence-corrected chi connectivity index (χ1v) is 10.1. The summed E-state index contributed by atoms with van der Waals surface area (Å²) in [5, 5.41) is 2.06. The van der Waals surface area contributed by atoms with Crippen LogP contribution in [0.4, 0.5) is 0 Å². The summed E-state index contributed by atoms with van der Waals surface area (Å²) >= 11 is 4.99. The minimum atomic E-state index is -0.566. The van der Waals surface area contributed by atoms with Gasteiger partial charge in [-0.1, -0.05) is 6.07 Å². The average Bonchev–Trinajstić information content (AvgIpc) is 3.26. The zero-order chi connectivity index (χ0) is 19.4. The average molecular weight is 447 g/mol. The number of carbonyl (C=O) groups excluding carboxylic acids is 2. The van der Waals surface area contributed by atoms with Crippen LogP contribution in [0, 0.1) is 13.8 Å². The van der Waals surface area contributed by atoms with Crippen LogP contribution in [0.5, 0.6) is 0 Å². The zero-order valence-corrected chi connectivity index (χ0v) is 17.5. The molecule has 3 heterocycles. The molecular formula is C20H19BrN2O3S. The van der Waals surface area contributed by atoms with E-state index in [0.29, 0.717) is 15.6 Å². The molecule has 3 rings (SSSR count). The van der Waals surface area contributed by atoms with E-state index in [-0.39, 0.29) is 12.4 Å². The predicted molar refractivity (Wildman–Crippen MR) is 108 cm³/mol. The largest absolute Gasteiger partial charge is 0.454 e. The lowest BCUT2D eigenvalue weighted by Gasteiger charge is -2.09. The van der Waals surface area contributed by atoms with Gasteiger partial charge in [-0.2, -0.15) is 0 Å². The van der Waals surface area contributed by atoms with Crippen LogP contribution in [0.25, 0.3) is 0 Å². The fourth-order valence-corrected chi connectivity index (χ4v) is 3.98. The zero-order valence-electron chi connectivity index (χ0n) is 15.1. The van der Waals surface area contributed by atoms with E-state index >= 15 is 0 Å². The first kappa shape index (κ1) is 19.5. The Morgan fingerprint density at radius 2 is 2.07 bits per heavy atom. The van der Waals surface area contributed by atoms with Gasteiger partial charge in [-0.15, -0.1) is 11.3 Å². The third-order valence-corrected chi connectivity index (χ3v) is 5.68. The molecule has 0 atom stereocenters. The summed E-state index contributed by atoms with van der Waals surface area (Å²) in [7, 11) is 0. The van der Waals surface area contributed by atoms with Crippen LogP contribution < -0.4 is 0 Å². The summed E-state index contributed by atoms with van der Waals surface area (Å²) in [6, 6.07) is 7.62. The topological polar surface area (TPSA) is 61.2 Å². The number of nitrogens with zero attached hydrogens (tertiary/aromatic N) is 2. The highest BCUT2D eigenvalue weighted by atomic mass is 79.9. The molecule has 0 N–H and O–H groups in total. The number of halogens is 1. The maximum absolute atomic E-state index is 12.6. The molecule has 140 valence electrons. The Kier molecular flexibility index (Phi) is 6.23. The molecule has 0 fully saturated rings. The van der Waals surface area contributed by atoms with Crippen molar-refractivity contribution in [2.75, 3.05) is 6.61 Å². The number of carbonyl (C=O) groups is 2. The van der Waals surface area contributed by atoms with Crippen molar-refractivity contribution in [2.45, 2.75) is 26.8 Å². The van der Waals surface area contributed by atoms with Gasteiger partial charge in [-0.3, -0.25) is 9.78 Å². The number of ether oxygens (including phenoxy) is 1. The molecule has 0 aliphatic rings. The van der Waals surface area contributed by atoms with Crippen molar-refractivity contribution in [3.8, 4) is 0 Å².